The number of carbonyl (C=O) groups is 2. The molecular weight excluding hydrogens is 306 g/mol. The molecule has 0 aliphatic carbocycles. The summed E-state index contributed by atoms with van der Waals surface area (Å²) < 4.78 is 1.84. The Morgan fingerprint density at radius 1 is 1.29 bits per heavy atom. The Bertz CT molecular complexity index is 604. The third-order valence-corrected chi connectivity index (χ3v) is 5.03. The maximum absolute atomic E-state index is 12.7. The molecule has 132 valence electrons. The molecule has 0 aromatic carbocycles. The van der Waals surface area contributed by atoms with Gasteiger partial charge in [0, 0.05) is 51.4 Å². The van der Waals surface area contributed by atoms with E-state index in [4.69, 9.17) is 0 Å². The number of aromatic nitrogens is 2. The molecular formula is C17H27N5O2. The van der Waals surface area contributed by atoms with Gasteiger partial charge in [0.05, 0.1) is 17.8 Å². The third-order valence-electron chi connectivity index (χ3n) is 5.03. The van der Waals surface area contributed by atoms with Crippen LogP contribution in [0.25, 0.3) is 0 Å². The quantitative estimate of drug-likeness (QED) is 0.824. The van der Waals surface area contributed by atoms with Crippen molar-refractivity contribution in [2.75, 3.05) is 44.2 Å². The van der Waals surface area contributed by atoms with Crippen molar-refractivity contribution in [3.8, 4) is 0 Å². The predicted octanol–water partition coefficient (Wildman–Crippen LogP) is 0.981. The van der Waals surface area contributed by atoms with E-state index in [9.17, 15) is 9.59 Å². The first kappa shape index (κ1) is 17.0. The van der Waals surface area contributed by atoms with Gasteiger partial charge in [-0.2, -0.15) is 5.10 Å². The summed E-state index contributed by atoms with van der Waals surface area (Å²) >= 11 is 0. The van der Waals surface area contributed by atoms with Crippen LogP contribution in [0.3, 0.4) is 0 Å². The Labute approximate surface area is 143 Å². The lowest BCUT2D eigenvalue weighted by Crippen LogP contribution is -2.50. The normalized spacial score (nSPS) is 22.7. The summed E-state index contributed by atoms with van der Waals surface area (Å²) in [6.07, 6.45) is 3.90. The number of hydrogen-bond acceptors (Lipinski definition) is 4. The van der Waals surface area contributed by atoms with Crippen molar-refractivity contribution < 1.29 is 9.59 Å². The maximum atomic E-state index is 12.7. The molecule has 2 aliphatic heterocycles. The number of rotatable bonds is 4. The number of piperazine rings is 1. The van der Waals surface area contributed by atoms with E-state index in [2.05, 4.69) is 16.9 Å². The minimum absolute atomic E-state index is 0.0175. The SMILES string of the molecule is CCN1CCN(C(=O)[C@@H]2CC(=O)N(c3cnn(C(C)C)c3)C2)CC1. The highest BCUT2D eigenvalue weighted by Crippen LogP contribution is 2.27. The summed E-state index contributed by atoms with van der Waals surface area (Å²) in [7, 11) is 0. The number of amides is 2. The molecule has 1 aromatic rings. The van der Waals surface area contributed by atoms with Crippen molar-refractivity contribution in [2.45, 2.75) is 33.2 Å². The Kier molecular flexibility index (Phi) is 4.89. The average Bonchev–Trinajstić information content (AvgIpc) is 3.21. The van der Waals surface area contributed by atoms with Crippen LogP contribution >= 0.6 is 0 Å². The van der Waals surface area contributed by atoms with E-state index in [0.717, 1.165) is 38.4 Å². The highest BCUT2D eigenvalue weighted by atomic mass is 16.2. The van der Waals surface area contributed by atoms with Gasteiger partial charge in [-0.3, -0.25) is 14.3 Å². The summed E-state index contributed by atoms with van der Waals surface area (Å²) in [5.41, 5.74) is 0.791. The summed E-state index contributed by atoms with van der Waals surface area (Å²) in [5, 5.41) is 4.29. The van der Waals surface area contributed by atoms with Crippen LogP contribution in [-0.2, 0) is 9.59 Å². The molecule has 2 amide bonds. The van der Waals surface area contributed by atoms with Crippen LogP contribution in [0, 0.1) is 5.92 Å². The molecule has 1 atom stereocenters. The highest BCUT2D eigenvalue weighted by molar-refractivity contribution is 6.00. The topological polar surface area (TPSA) is 61.7 Å². The molecule has 7 nitrogen and oxygen atoms in total. The van der Waals surface area contributed by atoms with Gasteiger partial charge in [0.25, 0.3) is 0 Å². The molecule has 2 fully saturated rings. The van der Waals surface area contributed by atoms with E-state index in [1.54, 1.807) is 11.1 Å². The zero-order valence-electron chi connectivity index (χ0n) is 14.8. The van der Waals surface area contributed by atoms with Gasteiger partial charge in [0.2, 0.25) is 11.8 Å². The lowest BCUT2D eigenvalue weighted by atomic mass is 10.1. The Balaban J connectivity index is 1.62. The van der Waals surface area contributed by atoms with Crippen LogP contribution in [0.4, 0.5) is 5.69 Å². The van der Waals surface area contributed by atoms with E-state index < -0.39 is 0 Å². The largest absolute Gasteiger partial charge is 0.340 e. The number of hydrogen-bond donors (Lipinski definition) is 0. The number of nitrogens with zero attached hydrogens (tertiary/aromatic N) is 5. The van der Waals surface area contributed by atoms with E-state index in [-0.39, 0.29) is 23.8 Å². The lowest BCUT2D eigenvalue weighted by Gasteiger charge is -2.35. The second-order valence-corrected chi connectivity index (χ2v) is 6.94. The van der Waals surface area contributed by atoms with E-state index in [1.165, 1.54) is 0 Å². The zero-order chi connectivity index (χ0) is 17.3. The second kappa shape index (κ2) is 6.93. The Hall–Kier alpha value is -1.89. The molecule has 2 saturated heterocycles. The van der Waals surface area contributed by atoms with Crippen LogP contribution in [0.15, 0.2) is 12.4 Å². The Morgan fingerprint density at radius 2 is 2.00 bits per heavy atom. The van der Waals surface area contributed by atoms with Gasteiger partial charge in [0.1, 0.15) is 0 Å². The molecule has 0 spiro atoms. The minimum Gasteiger partial charge on any atom is -0.340 e. The molecule has 3 heterocycles. The molecule has 0 radical (unpaired) electrons. The van der Waals surface area contributed by atoms with Crippen molar-refractivity contribution in [1.82, 2.24) is 19.6 Å². The number of carbonyl (C=O) groups excluding carboxylic acids is 2. The second-order valence-electron chi connectivity index (χ2n) is 6.94. The first-order valence-corrected chi connectivity index (χ1v) is 8.85. The van der Waals surface area contributed by atoms with Crippen molar-refractivity contribution in [2.24, 2.45) is 5.92 Å². The third kappa shape index (κ3) is 3.31. The minimum atomic E-state index is -0.229. The zero-order valence-corrected chi connectivity index (χ0v) is 14.8. The summed E-state index contributed by atoms with van der Waals surface area (Å²) in [5.74, 6) is -0.0882. The average molecular weight is 333 g/mol. The summed E-state index contributed by atoms with van der Waals surface area (Å²) in [6.45, 7) is 11.1. The van der Waals surface area contributed by atoms with Gasteiger partial charge < -0.3 is 14.7 Å². The fraction of sp³-hybridized carbons (Fsp3) is 0.706. The molecule has 0 unspecified atom stereocenters. The van der Waals surface area contributed by atoms with Crippen LogP contribution < -0.4 is 4.90 Å². The van der Waals surface area contributed by atoms with Gasteiger partial charge in [0.15, 0.2) is 0 Å². The molecule has 7 heteroatoms. The molecule has 0 bridgehead atoms. The van der Waals surface area contributed by atoms with Crippen LogP contribution in [0.5, 0.6) is 0 Å². The maximum Gasteiger partial charge on any atom is 0.228 e. The smallest absolute Gasteiger partial charge is 0.228 e. The molecule has 24 heavy (non-hydrogen) atoms. The molecule has 3 rings (SSSR count). The highest BCUT2D eigenvalue weighted by Gasteiger charge is 2.38. The molecule has 1 aromatic heterocycles. The van der Waals surface area contributed by atoms with Gasteiger partial charge in [-0.1, -0.05) is 6.92 Å². The van der Waals surface area contributed by atoms with Gasteiger partial charge in [-0.15, -0.1) is 0 Å². The first-order chi connectivity index (χ1) is 11.5. The standard InChI is InChI=1S/C17H27N5O2/c1-4-19-5-7-20(8-6-19)17(24)14-9-16(23)21(11-14)15-10-18-22(12-15)13(2)3/h10,12-14H,4-9,11H2,1-3H3/t14-/m1/s1. The monoisotopic (exact) mass is 333 g/mol. The fourth-order valence-electron chi connectivity index (χ4n) is 3.42. The van der Waals surface area contributed by atoms with Crippen LogP contribution in [0.1, 0.15) is 33.2 Å². The predicted molar refractivity (Wildman–Crippen MR) is 91.8 cm³/mol. The van der Waals surface area contributed by atoms with E-state index >= 15 is 0 Å². The van der Waals surface area contributed by atoms with Crippen LogP contribution in [0.2, 0.25) is 0 Å². The van der Waals surface area contributed by atoms with Crippen molar-refractivity contribution in [3.63, 3.8) is 0 Å². The molecule has 2 aliphatic rings. The van der Waals surface area contributed by atoms with Crippen LogP contribution in [-0.4, -0.2) is 70.7 Å². The van der Waals surface area contributed by atoms with Crippen molar-refractivity contribution in [1.29, 1.82) is 0 Å². The first-order valence-electron chi connectivity index (χ1n) is 8.85. The number of likely N-dealkylation sites (N-methyl/N-ethyl adjacent to an activating group) is 1. The van der Waals surface area contributed by atoms with Crippen molar-refractivity contribution >= 4 is 17.5 Å². The van der Waals surface area contributed by atoms with E-state index in [0.29, 0.717) is 13.0 Å². The summed E-state index contributed by atoms with van der Waals surface area (Å²) in [4.78, 5) is 31.1. The number of anilines is 1. The summed E-state index contributed by atoms with van der Waals surface area (Å²) in [6, 6.07) is 0.253. The van der Waals surface area contributed by atoms with E-state index in [1.807, 2.05) is 29.6 Å². The van der Waals surface area contributed by atoms with Gasteiger partial charge in [-0.05, 0) is 20.4 Å². The Morgan fingerprint density at radius 3 is 2.58 bits per heavy atom. The van der Waals surface area contributed by atoms with Gasteiger partial charge in [-0.25, -0.2) is 0 Å². The molecule has 0 N–H and O–H groups in total. The lowest BCUT2D eigenvalue weighted by molar-refractivity contribution is -0.137. The molecule has 0 saturated carbocycles. The van der Waals surface area contributed by atoms with Crippen molar-refractivity contribution in [3.05, 3.63) is 12.4 Å². The fourth-order valence-corrected chi connectivity index (χ4v) is 3.42. The van der Waals surface area contributed by atoms with Gasteiger partial charge >= 0.3 is 0 Å².